The lowest BCUT2D eigenvalue weighted by Gasteiger charge is -2.06. The highest BCUT2D eigenvalue weighted by Gasteiger charge is 2.19. The molecule has 0 spiro atoms. The Morgan fingerprint density at radius 1 is 1.20 bits per heavy atom. The number of benzene rings is 2. The van der Waals surface area contributed by atoms with Crippen molar-refractivity contribution in [2.45, 2.75) is 13.5 Å². The maximum atomic E-state index is 12.2. The molecule has 1 aromatic heterocycles. The predicted molar refractivity (Wildman–Crippen MR) is 88.3 cm³/mol. The number of nitrogens with zero attached hydrogens (tertiary/aromatic N) is 4. The average molecular weight is 338 g/mol. The Balaban J connectivity index is 1.70. The van der Waals surface area contributed by atoms with Crippen molar-refractivity contribution in [2.75, 3.05) is 0 Å². The molecule has 0 saturated heterocycles. The van der Waals surface area contributed by atoms with Crippen molar-refractivity contribution in [1.29, 1.82) is 0 Å². The number of nitro benzene ring substituents is 1. The summed E-state index contributed by atoms with van der Waals surface area (Å²) in [5, 5.41) is 19.3. The first-order chi connectivity index (χ1) is 12.1. The van der Waals surface area contributed by atoms with Crippen LogP contribution in [0.5, 0.6) is 0 Å². The van der Waals surface area contributed by atoms with E-state index in [4.69, 9.17) is 4.74 Å². The van der Waals surface area contributed by atoms with Gasteiger partial charge in [-0.05, 0) is 25.1 Å². The van der Waals surface area contributed by atoms with Crippen LogP contribution in [0.4, 0.5) is 5.69 Å². The minimum atomic E-state index is -0.643. The number of ether oxygens (including phenoxy) is 1. The molecule has 3 aromatic rings. The topological polar surface area (TPSA) is 100 Å². The highest BCUT2D eigenvalue weighted by molar-refractivity contribution is 5.92. The van der Waals surface area contributed by atoms with Crippen molar-refractivity contribution in [3.63, 3.8) is 0 Å². The molecule has 1 heterocycles. The van der Waals surface area contributed by atoms with Gasteiger partial charge in [0, 0.05) is 11.6 Å². The molecule has 0 saturated carbocycles. The second-order valence-corrected chi connectivity index (χ2v) is 5.24. The van der Waals surface area contributed by atoms with Crippen molar-refractivity contribution in [1.82, 2.24) is 15.0 Å². The summed E-state index contributed by atoms with van der Waals surface area (Å²) in [5.74, 6) is -0.643. The number of nitro groups is 1. The summed E-state index contributed by atoms with van der Waals surface area (Å²) in [6.45, 7) is 1.44. The van der Waals surface area contributed by atoms with E-state index in [-0.39, 0.29) is 23.4 Å². The van der Waals surface area contributed by atoms with E-state index in [0.717, 1.165) is 5.69 Å². The third-order valence-corrected chi connectivity index (χ3v) is 3.60. The van der Waals surface area contributed by atoms with Gasteiger partial charge in [-0.15, -0.1) is 5.10 Å². The van der Waals surface area contributed by atoms with Crippen LogP contribution < -0.4 is 0 Å². The third kappa shape index (κ3) is 3.52. The molecule has 0 aliphatic rings. The molecule has 0 bridgehead atoms. The molecule has 0 fully saturated rings. The molecule has 0 aliphatic carbocycles. The largest absolute Gasteiger partial charge is 0.455 e. The molecule has 8 nitrogen and oxygen atoms in total. The van der Waals surface area contributed by atoms with Crippen LogP contribution >= 0.6 is 0 Å². The lowest BCUT2D eigenvalue weighted by molar-refractivity contribution is -0.385. The Morgan fingerprint density at radius 2 is 1.96 bits per heavy atom. The predicted octanol–water partition coefficient (Wildman–Crippen LogP) is 2.84. The van der Waals surface area contributed by atoms with Crippen molar-refractivity contribution < 1.29 is 14.5 Å². The van der Waals surface area contributed by atoms with Gasteiger partial charge in [-0.25, -0.2) is 4.79 Å². The first-order valence-electron chi connectivity index (χ1n) is 7.44. The Morgan fingerprint density at radius 3 is 2.68 bits per heavy atom. The van der Waals surface area contributed by atoms with E-state index in [1.54, 1.807) is 0 Å². The Labute approximate surface area is 142 Å². The van der Waals surface area contributed by atoms with Crippen LogP contribution in [0.2, 0.25) is 0 Å². The molecular weight excluding hydrogens is 324 g/mol. The fourth-order valence-electron chi connectivity index (χ4n) is 2.31. The fraction of sp³-hybridized carbons (Fsp3) is 0.118. The van der Waals surface area contributed by atoms with Gasteiger partial charge in [0.2, 0.25) is 0 Å². The van der Waals surface area contributed by atoms with Gasteiger partial charge in [-0.3, -0.25) is 10.1 Å². The van der Waals surface area contributed by atoms with Crippen LogP contribution in [-0.2, 0) is 11.3 Å². The summed E-state index contributed by atoms with van der Waals surface area (Å²) in [6.07, 6.45) is 1.50. The second kappa shape index (κ2) is 6.91. The van der Waals surface area contributed by atoms with Crippen molar-refractivity contribution in [3.8, 4) is 5.69 Å². The number of para-hydroxylation sites is 1. The Hall–Kier alpha value is -3.55. The summed E-state index contributed by atoms with van der Waals surface area (Å²) < 4.78 is 5.20. The van der Waals surface area contributed by atoms with Gasteiger partial charge in [0.1, 0.15) is 12.3 Å². The molecule has 126 valence electrons. The van der Waals surface area contributed by atoms with Crippen LogP contribution in [0.15, 0.2) is 54.7 Å². The quantitative estimate of drug-likeness (QED) is 0.403. The molecule has 2 aromatic carbocycles. The lowest BCUT2D eigenvalue weighted by Crippen LogP contribution is -2.09. The zero-order valence-corrected chi connectivity index (χ0v) is 13.3. The van der Waals surface area contributed by atoms with Gasteiger partial charge in [-0.2, -0.15) is 9.90 Å². The first-order valence-corrected chi connectivity index (χ1v) is 7.44. The molecule has 8 heteroatoms. The van der Waals surface area contributed by atoms with E-state index in [1.165, 1.54) is 36.1 Å². The highest BCUT2D eigenvalue weighted by Crippen LogP contribution is 2.22. The number of rotatable bonds is 5. The normalized spacial score (nSPS) is 10.4. The highest BCUT2D eigenvalue weighted by atomic mass is 16.6. The fourth-order valence-corrected chi connectivity index (χ4v) is 2.31. The molecule has 0 amide bonds. The van der Waals surface area contributed by atoms with E-state index in [2.05, 4.69) is 10.2 Å². The lowest BCUT2D eigenvalue weighted by atomic mass is 10.1. The molecule has 0 N–H and O–H groups in total. The van der Waals surface area contributed by atoms with Crippen molar-refractivity contribution in [3.05, 3.63) is 81.7 Å². The number of carbonyl (C=O) groups is 1. The second-order valence-electron chi connectivity index (χ2n) is 5.24. The van der Waals surface area contributed by atoms with Gasteiger partial charge in [-0.1, -0.05) is 24.3 Å². The first kappa shape index (κ1) is 16.3. The van der Waals surface area contributed by atoms with E-state index in [0.29, 0.717) is 5.69 Å². The zero-order valence-electron chi connectivity index (χ0n) is 13.3. The Kier molecular flexibility index (Phi) is 4.51. The number of carbonyl (C=O) groups excluding carboxylic acids is 1. The summed E-state index contributed by atoms with van der Waals surface area (Å²) in [6, 6.07) is 13.6. The molecular formula is C17H14N4O4. The third-order valence-electron chi connectivity index (χ3n) is 3.60. The van der Waals surface area contributed by atoms with Crippen molar-refractivity contribution in [2.24, 2.45) is 0 Å². The number of hydrogen-bond donors (Lipinski definition) is 0. The summed E-state index contributed by atoms with van der Waals surface area (Å²) in [7, 11) is 0. The number of esters is 1. The molecule has 0 radical (unpaired) electrons. The number of hydrogen-bond acceptors (Lipinski definition) is 6. The monoisotopic (exact) mass is 338 g/mol. The molecule has 25 heavy (non-hydrogen) atoms. The smallest absolute Gasteiger partial charge is 0.339 e. The van der Waals surface area contributed by atoms with Gasteiger partial charge in [0.25, 0.3) is 5.69 Å². The maximum Gasteiger partial charge on any atom is 0.339 e. The van der Waals surface area contributed by atoms with E-state index in [1.807, 2.05) is 30.3 Å². The van der Waals surface area contributed by atoms with Crippen LogP contribution in [0.3, 0.4) is 0 Å². The van der Waals surface area contributed by atoms with Crippen LogP contribution in [-0.4, -0.2) is 25.9 Å². The summed E-state index contributed by atoms with van der Waals surface area (Å²) >= 11 is 0. The van der Waals surface area contributed by atoms with Crippen LogP contribution in [0.1, 0.15) is 21.6 Å². The minimum absolute atomic E-state index is 0.0756. The standard InChI is InChI=1S/C17H14N4O4/c1-12-15(8-5-9-16(12)21(23)24)17(22)25-11-13-10-18-20(19-13)14-6-3-2-4-7-14/h2-10H,11H2,1H3. The van der Waals surface area contributed by atoms with Crippen LogP contribution in [0, 0.1) is 17.0 Å². The molecule has 3 rings (SSSR count). The van der Waals surface area contributed by atoms with Crippen LogP contribution in [0.25, 0.3) is 5.69 Å². The van der Waals surface area contributed by atoms with Gasteiger partial charge >= 0.3 is 5.97 Å². The van der Waals surface area contributed by atoms with E-state index >= 15 is 0 Å². The van der Waals surface area contributed by atoms with E-state index in [9.17, 15) is 14.9 Å². The zero-order chi connectivity index (χ0) is 17.8. The van der Waals surface area contributed by atoms with E-state index < -0.39 is 10.9 Å². The summed E-state index contributed by atoms with van der Waals surface area (Å²) in [5.41, 5.74) is 1.56. The average Bonchev–Trinajstić information content (AvgIpc) is 3.09. The molecule has 0 atom stereocenters. The molecule has 0 unspecified atom stereocenters. The van der Waals surface area contributed by atoms with Gasteiger partial charge in [0.15, 0.2) is 0 Å². The molecule has 0 aliphatic heterocycles. The van der Waals surface area contributed by atoms with Gasteiger partial charge < -0.3 is 4.74 Å². The Bertz CT molecular complexity index is 921. The number of aromatic nitrogens is 3. The minimum Gasteiger partial charge on any atom is -0.455 e. The van der Waals surface area contributed by atoms with Crippen molar-refractivity contribution >= 4 is 11.7 Å². The maximum absolute atomic E-state index is 12.2. The SMILES string of the molecule is Cc1c(C(=O)OCc2cnn(-c3ccccc3)n2)cccc1[N+](=O)[O-]. The summed E-state index contributed by atoms with van der Waals surface area (Å²) in [4.78, 5) is 24.0. The van der Waals surface area contributed by atoms with Gasteiger partial charge in [0.05, 0.1) is 22.4 Å².